The second kappa shape index (κ2) is 11.9. The molecule has 0 saturated carbocycles. The summed E-state index contributed by atoms with van der Waals surface area (Å²) in [5, 5.41) is 37.9. The summed E-state index contributed by atoms with van der Waals surface area (Å²) in [7, 11) is -3.27. The highest BCUT2D eigenvalue weighted by Crippen LogP contribution is 2.15. The highest BCUT2D eigenvalue weighted by Gasteiger charge is 2.25. The van der Waals surface area contributed by atoms with E-state index in [1.807, 2.05) is 6.07 Å². The van der Waals surface area contributed by atoms with E-state index < -0.39 is 32.0 Å². The van der Waals surface area contributed by atoms with E-state index in [9.17, 15) is 34.5 Å². The lowest BCUT2D eigenvalue weighted by molar-refractivity contribution is -0.688. The molecule has 4 N–H and O–H groups in total. The topological polar surface area (TPSA) is 152 Å². The van der Waals surface area contributed by atoms with Gasteiger partial charge in [0.05, 0.1) is 12.1 Å². The van der Waals surface area contributed by atoms with Crippen LogP contribution in [0.15, 0.2) is 79.4 Å². The molecule has 3 heterocycles. The predicted octanol–water partition coefficient (Wildman–Crippen LogP) is -3.20. The maximum atomic E-state index is 13.1. The Labute approximate surface area is 218 Å². The van der Waals surface area contributed by atoms with Crippen molar-refractivity contribution in [1.82, 2.24) is 4.90 Å². The van der Waals surface area contributed by atoms with Crippen LogP contribution in [0.1, 0.15) is 21.5 Å². The maximum absolute atomic E-state index is 13.1. The van der Waals surface area contributed by atoms with Gasteiger partial charge in [0, 0.05) is 46.3 Å². The van der Waals surface area contributed by atoms with Gasteiger partial charge in [0.2, 0.25) is 0 Å². The van der Waals surface area contributed by atoms with Crippen molar-refractivity contribution in [2.24, 2.45) is 0 Å². The van der Waals surface area contributed by atoms with Crippen LogP contribution in [0, 0.1) is 0 Å². The van der Waals surface area contributed by atoms with Gasteiger partial charge in [-0.2, -0.15) is 0 Å². The van der Waals surface area contributed by atoms with Gasteiger partial charge in [-0.05, 0) is 6.07 Å². The number of amides is 2. The van der Waals surface area contributed by atoms with Crippen LogP contribution in [0.25, 0.3) is 0 Å². The fourth-order valence-corrected chi connectivity index (χ4v) is 4.00. The first kappa shape index (κ1) is 26.9. The van der Waals surface area contributed by atoms with E-state index in [4.69, 9.17) is 4.74 Å². The summed E-state index contributed by atoms with van der Waals surface area (Å²) < 4.78 is 8.83. The van der Waals surface area contributed by atoms with Crippen LogP contribution in [-0.2, 0) is 27.4 Å². The van der Waals surface area contributed by atoms with Crippen molar-refractivity contribution >= 4 is 42.9 Å². The summed E-state index contributed by atoms with van der Waals surface area (Å²) in [6.07, 6.45) is 8.90. The molecule has 1 aliphatic rings. The molecule has 192 valence electrons. The molecule has 1 aromatic carbocycles. The number of aromatic nitrogens is 2. The van der Waals surface area contributed by atoms with E-state index in [1.165, 1.54) is 0 Å². The molecule has 38 heavy (non-hydrogen) atoms. The highest BCUT2D eigenvalue weighted by molar-refractivity contribution is 6.58. The number of hydrogen-bond donors (Lipinski definition) is 4. The number of carbonyl (C=O) groups excluding carboxylic acids is 3. The highest BCUT2D eigenvalue weighted by atomic mass is 16.5. The monoisotopic (exact) mass is 517 g/mol. The van der Waals surface area contributed by atoms with Crippen molar-refractivity contribution in [1.29, 1.82) is 0 Å². The number of hydrogen-bond acceptors (Lipinski definition) is 8. The van der Waals surface area contributed by atoms with Crippen LogP contribution in [0.5, 0.6) is 0 Å². The molecule has 0 spiro atoms. The average Bonchev–Trinajstić information content (AvgIpc) is 3.22. The second-order valence-electron chi connectivity index (χ2n) is 8.66. The zero-order valence-corrected chi connectivity index (χ0v) is 20.3. The summed E-state index contributed by atoms with van der Waals surface area (Å²) in [6.45, 7) is 0.273. The molecular formula is C25H25B2N3O8+2. The smallest absolute Gasteiger partial charge is 0.460 e. The van der Waals surface area contributed by atoms with E-state index in [0.717, 1.165) is 22.6 Å². The second-order valence-corrected chi connectivity index (χ2v) is 8.66. The van der Waals surface area contributed by atoms with Crippen LogP contribution in [0.2, 0.25) is 0 Å². The number of carbonyl (C=O) groups is 3. The van der Waals surface area contributed by atoms with Crippen LogP contribution in [0.3, 0.4) is 0 Å². The third-order valence-electron chi connectivity index (χ3n) is 5.92. The molecule has 0 fully saturated rings. The molecule has 0 bridgehead atoms. The molecule has 0 saturated heterocycles. The van der Waals surface area contributed by atoms with Gasteiger partial charge in [0.15, 0.2) is 37.9 Å². The Morgan fingerprint density at radius 3 is 2.00 bits per heavy atom. The Bertz CT molecular complexity index is 1380. The molecule has 3 aromatic rings. The summed E-state index contributed by atoms with van der Waals surface area (Å²) in [4.78, 5) is 37.6. The minimum Gasteiger partial charge on any atom is -0.460 e. The number of pyridine rings is 2. The number of ether oxygens (including phenoxy) is 1. The van der Waals surface area contributed by atoms with Crippen molar-refractivity contribution < 1.29 is 48.4 Å². The zero-order valence-electron chi connectivity index (χ0n) is 20.3. The summed E-state index contributed by atoms with van der Waals surface area (Å²) in [6, 6.07) is 11.7. The SMILES string of the molecule is O=C(OCCN1C(=O)C=CC1=O)c1cc(C[n+]2cccc(B(O)O)c2)ccc1C[n+]1cccc(B(O)O)c1. The Morgan fingerprint density at radius 1 is 0.842 bits per heavy atom. The Hall–Kier alpha value is -4.16. The molecule has 0 radical (unpaired) electrons. The molecule has 1 aliphatic heterocycles. The third-order valence-corrected chi connectivity index (χ3v) is 5.92. The lowest BCUT2D eigenvalue weighted by Gasteiger charge is -2.14. The first-order valence-corrected chi connectivity index (χ1v) is 11.7. The minimum absolute atomic E-state index is 0.0806. The van der Waals surface area contributed by atoms with Gasteiger partial charge in [-0.15, -0.1) is 0 Å². The lowest BCUT2D eigenvalue weighted by Crippen LogP contribution is -2.42. The van der Waals surface area contributed by atoms with Gasteiger partial charge in [-0.25, -0.2) is 13.9 Å². The molecular weight excluding hydrogens is 492 g/mol. The molecule has 2 amide bonds. The summed E-state index contributed by atoms with van der Waals surface area (Å²) >= 11 is 0. The van der Waals surface area contributed by atoms with E-state index in [-0.39, 0.29) is 30.7 Å². The number of rotatable bonds is 10. The maximum Gasteiger partial charge on any atom is 0.494 e. The molecule has 0 aliphatic carbocycles. The molecule has 11 nitrogen and oxygen atoms in total. The molecule has 0 atom stereocenters. The number of imide groups is 1. The van der Waals surface area contributed by atoms with Crippen LogP contribution in [0.4, 0.5) is 0 Å². The normalized spacial score (nSPS) is 12.7. The summed E-state index contributed by atoms with van der Waals surface area (Å²) in [5.41, 5.74) is 2.17. The Morgan fingerprint density at radius 2 is 1.42 bits per heavy atom. The van der Waals surface area contributed by atoms with Crippen molar-refractivity contribution in [3.8, 4) is 0 Å². The predicted molar refractivity (Wildman–Crippen MR) is 134 cm³/mol. The summed E-state index contributed by atoms with van der Waals surface area (Å²) in [5.74, 6) is -1.59. The van der Waals surface area contributed by atoms with Crippen LogP contribution in [-0.4, -0.2) is 70.2 Å². The number of nitrogens with zero attached hydrogens (tertiary/aromatic N) is 3. The fraction of sp³-hybridized carbons (Fsp3) is 0.160. The fourth-order valence-electron chi connectivity index (χ4n) is 4.00. The quantitative estimate of drug-likeness (QED) is 0.0951. The van der Waals surface area contributed by atoms with Gasteiger partial charge < -0.3 is 24.8 Å². The van der Waals surface area contributed by atoms with Crippen molar-refractivity contribution in [3.63, 3.8) is 0 Å². The first-order chi connectivity index (χ1) is 18.2. The largest absolute Gasteiger partial charge is 0.494 e. The van der Waals surface area contributed by atoms with Crippen molar-refractivity contribution in [2.45, 2.75) is 13.1 Å². The van der Waals surface area contributed by atoms with Crippen molar-refractivity contribution in [2.75, 3.05) is 13.2 Å². The number of benzene rings is 1. The molecule has 13 heteroatoms. The van der Waals surface area contributed by atoms with E-state index >= 15 is 0 Å². The van der Waals surface area contributed by atoms with E-state index in [2.05, 4.69) is 0 Å². The standard InChI is InChI=1S/C25H25B2N3O8/c31-23-7-8-24(32)30(23)11-12-38-25(33)22-13-18(14-28-9-1-3-20(16-28)26(34)35)5-6-19(22)15-29-10-2-4-21(17-29)27(36)37/h1-10,13,16-17,34-37H,11-12,14-15H2/q+2. The molecule has 2 aromatic heterocycles. The lowest BCUT2D eigenvalue weighted by atomic mass is 9.82. The van der Waals surface area contributed by atoms with Gasteiger partial charge in [0.1, 0.15) is 6.61 Å². The number of esters is 1. The van der Waals surface area contributed by atoms with Crippen molar-refractivity contribution in [3.05, 3.63) is 96.1 Å². The van der Waals surface area contributed by atoms with Crippen LogP contribution >= 0.6 is 0 Å². The Balaban J connectivity index is 1.57. The zero-order chi connectivity index (χ0) is 27.2. The minimum atomic E-state index is -1.65. The Kier molecular flexibility index (Phi) is 8.44. The van der Waals surface area contributed by atoms with E-state index in [1.54, 1.807) is 70.3 Å². The third kappa shape index (κ3) is 6.58. The van der Waals surface area contributed by atoms with Gasteiger partial charge in [-0.3, -0.25) is 14.5 Å². The van der Waals surface area contributed by atoms with Gasteiger partial charge in [-0.1, -0.05) is 24.3 Å². The molecule has 4 rings (SSSR count). The van der Waals surface area contributed by atoms with Gasteiger partial charge >= 0.3 is 20.2 Å². The molecule has 0 unspecified atom stereocenters. The first-order valence-electron chi connectivity index (χ1n) is 11.7. The van der Waals surface area contributed by atoms with Gasteiger partial charge in [0.25, 0.3) is 11.8 Å². The average molecular weight is 517 g/mol. The van der Waals surface area contributed by atoms with Crippen LogP contribution < -0.4 is 20.1 Å². The van der Waals surface area contributed by atoms with E-state index in [0.29, 0.717) is 17.6 Å².